The second-order valence-electron chi connectivity index (χ2n) is 8.46. The van der Waals surface area contributed by atoms with Gasteiger partial charge in [-0.1, -0.05) is 25.8 Å². The maximum Gasteiger partial charge on any atom is 0.272 e. The van der Waals surface area contributed by atoms with E-state index in [9.17, 15) is 4.79 Å². The van der Waals surface area contributed by atoms with Gasteiger partial charge < -0.3 is 10.6 Å². The summed E-state index contributed by atoms with van der Waals surface area (Å²) in [5.74, 6) is 0.0269. The number of pyridine rings is 1. The molecule has 0 aromatic carbocycles. The molecule has 0 spiro atoms. The van der Waals surface area contributed by atoms with Crippen LogP contribution in [-0.4, -0.2) is 39.3 Å². The smallest absolute Gasteiger partial charge is 0.272 e. The number of rotatable bonds is 8. The van der Waals surface area contributed by atoms with Gasteiger partial charge in [-0.25, -0.2) is 0 Å². The zero-order chi connectivity index (χ0) is 20.1. The molecule has 2 N–H and O–H groups in total. The van der Waals surface area contributed by atoms with E-state index in [1.54, 1.807) is 0 Å². The Morgan fingerprint density at radius 2 is 2.10 bits per heavy atom. The van der Waals surface area contributed by atoms with Crippen LogP contribution in [-0.2, 0) is 25.8 Å². The fourth-order valence-corrected chi connectivity index (χ4v) is 4.73. The van der Waals surface area contributed by atoms with Gasteiger partial charge in [-0.05, 0) is 63.1 Å². The molecule has 1 fully saturated rings. The standard InChI is InChI=1S/C23H33N5O/c1-2-14-28-21-10-9-19(25-13-11-17-6-5-12-24-16-17)15-20(21)22(27-28)23(29)26-18-7-3-4-8-18/h5-6,12,16,18-19,25H,2-4,7-11,13-15H2,1H3,(H,26,29). The largest absolute Gasteiger partial charge is 0.348 e. The quantitative estimate of drug-likeness (QED) is 0.721. The molecule has 2 aliphatic carbocycles. The molecule has 1 atom stereocenters. The first-order valence-corrected chi connectivity index (χ1v) is 11.3. The molecular formula is C23H33N5O. The summed E-state index contributed by atoms with van der Waals surface area (Å²) in [6.45, 7) is 3.98. The van der Waals surface area contributed by atoms with Gasteiger partial charge in [0.2, 0.25) is 0 Å². The van der Waals surface area contributed by atoms with Gasteiger partial charge in [-0.2, -0.15) is 5.10 Å². The monoisotopic (exact) mass is 395 g/mol. The van der Waals surface area contributed by atoms with Crippen LogP contribution >= 0.6 is 0 Å². The van der Waals surface area contributed by atoms with Crippen LogP contribution in [0.3, 0.4) is 0 Å². The lowest BCUT2D eigenvalue weighted by Gasteiger charge is -2.25. The van der Waals surface area contributed by atoms with Crippen molar-refractivity contribution in [3.8, 4) is 0 Å². The van der Waals surface area contributed by atoms with Crippen molar-refractivity contribution in [3.05, 3.63) is 47.0 Å². The van der Waals surface area contributed by atoms with Crippen molar-refractivity contribution in [2.75, 3.05) is 6.54 Å². The highest BCUT2D eigenvalue weighted by atomic mass is 16.2. The highest BCUT2D eigenvalue weighted by Gasteiger charge is 2.30. The van der Waals surface area contributed by atoms with Crippen molar-refractivity contribution >= 4 is 5.91 Å². The fraction of sp³-hybridized carbons (Fsp3) is 0.609. The molecule has 0 radical (unpaired) electrons. The third-order valence-electron chi connectivity index (χ3n) is 6.26. The zero-order valence-electron chi connectivity index (χ0n) is 17.5. The molecule has 2 aromatic rings. The predicted octanol–water partition coefficient (Wildman–Crippen LogP) is 3.05. The Balaban J connectivity index is 1.42. The van der Waals surface area contributed by atoms with Gasteiger partial charge in [0.25, 0.3) is 5.91 Å². The molecule has 1 amide bonds. The summed E-state index contributed by atoms with van der Waals surface area (Å²) >= 11 is 0. The van der Waals surface area contributed by atoms with Crippen molar-refractivity contribution in [2.24, 2.45) is 0 Å². The summed E-state index contributed by atoms with van der Waals surface area (Å²) in [6.07, 6.45) is 13.4. The van der Waals surface area contributed by atoms with Crippen molar-refractivity contribution in [2.45, 2.75) is 83.3 Å². The maximum absolute atomic E-state index is 13.0. The van der Waals surface area contributed by atoms with Crippen LogP contribution in [0.4, 0.5) is 0 Å². The van der Waals surface area contributed by atoms with Crippen LogP contribution in [0, 0.1) is 0 Å². The van der Waals surface area contributed by atoms with Gasteiger partial charge in [0.05, 0.1) is 0 Å². The molecule has 0 saturated heterocycles. The van der Waals surface area contributed by atoms with E-state index in [0.29, 0.717) is 17.8 Å². The van der Waals surface area contributed by atoms with Crippen LogP contribution in [0.25, 0.3) is 0 Å². The van der Waals surface area contributed by atoms with Crippen LogP contribution in [0.1, 0.15) is 72.8 Å². The minimum atomic E-state index is 0.0269. The summed E-state index contributed by atoms with van der Waals surface area (Å²) in [5.41, 5.74) is 4.36. The molecule has 6 heteroatoms. The van der Waals surface area contributed by atoms with Gasteiger partial charge in [-0.3, -0.25) is 14.5 Å². The number of carbonyl (C=O) groups excluding carboxylic acids is 1. The SMILES string of the molecule is CCCn1nc(C(=O)NC2CCCC2)c2c1CCC(NCCc1cccnc1)C2. The van der Waals surface area contributed by atoms with Crippen LogP contribution in [0.2, 0.25) is 0 Å². The first-order chi connectivity index (χ1) is 14.2. The number of nitrogens with one attached hydrogen (secondary N) is 2. The molecule has 4 rings (SSSR count). The minimum Gasteiger partial charge on any atom is -0.348 e. The number of carbonyl (C=O) groups is 1. The zero-order valence-corrected chi connectivity index (χ0v) is 17.5. The Kier molecular flexibility index (Phi) is 6.60. The van der Waals surface area contributed by atoms with Crippen LogP contribution < -0.4 is 10.6 Å². The Morgan fingerprint density at radius 3 is 2.86 bits per heavy atom. The molecule has 0 aliphatic heterocycles. The molecule has 1 saturated carbocycles. The van der Waals surface area contributed by atoms with Gasteiger partial charge in [0.1, 0.15) is 0 Å². The third-order valence-corrected chi connectivity index (χ3v) is 6.26. The van der Waals surface area contributed by atoms with E-state index in [1.807, 2.05) is 18.5 Å². The highest BCUT2D eigenvalue weighted by Crippen LogP contribution is 2.26. The van der Waals surface area contributed by atoms with Crippen LogP contribution in [0.15, 0.2) is 24.5 Å². The summed E-state index contributed by atoms with van der Waals surface area (Å²) in [5, 5.41) is 11.7. The first kappa shape index (κ1) is 20.1. The number of hydrogen-bond acceptors (Lipinski definition) is 4. The summed E-state index contributed by atoms with van der Waals surface area (Å²) < 4.78 is 2.09. The van der Waals surface area contributed by atoms with E-state index in [0.717, 1.165) is 58.0 Å². The van der Waals surface area contributed by atoms with E-state index < -0.39 is 0 Å². The molecule has 29 heavy (non-hydrogen) atoms. The Labute approximate surface area is 173 Å². The van der Waals surface area contributed by atoms with E-state index in [-0.39, 0.29) is 5.91 Å². The van der Waals surface area contributed by atoms with E-state index >= 15 is 0 Å². The van der Waals surface area contributed by atoms with Crippen molar-refractivity contribution in [1.82, 2.24) is 25.4 Å². The molecule has 6 nitrogen and oxygen atoms in total. The van der Waals surface area contributed by atoms with E-state index in [2.05, 4.69) is 33.3 Å². The molecule has 2 aliphatic rings. The molecular weight excluding hydrogens is 362 g/mol. The molecule has 2 aromatic heterocycles. The minimum absolute atomic E-state index is 0.0269. The summed E-state index contributed by atoms with van der Waals surface area (Å²) in [6, 6.07) is 4.83. The van der Waals surface area contributed by atoms with Crippen molar-refractivity contribution < 1.29 is 4.79 Å². The lowest BCUT2D eigenvalue weighted by atomic mass is 9.91. The van der Waals surface area contributed by atoms with Crippen molar-refractivity contribution in [1.29, 1.82) is 0 Å². The number of fused-ring (bicyclic) bond motifs is 1. The topological polar surface area (TPSA) is 71.8 Å². The second kappa shape index (κ2) is 9.53. The number of aromatic nitrogens is 3. The van der Waals surface area contributed by atoms with Gasteiger partial charge in [-0.15, -0.1) is 0 Å². The normalized spacial score (nSPS) is 19.3. The third kappa shape index (κ3) is 4.86. The number of amides is 1. The van der Waals surface area contributed by atoms with Gasteiger partial charge in [0, 0.05) is 42.3 Å². The van der Waals surface area contributed by atoms with Crippen molar-refractivity contribution in [3.63, 3.8) is 0 Å². The van der Waals surface area contributed by atoms with Gasteiger partial charge in [0.15, 0.2) is 5.69 Å². The molecule has 2 heterocycles. The Hall–Kier alpha value is -2.21. The fourth-order valence-electron chi connectivity index (χ4n) is 4.73. The van der Waals surface area contributed by atoms with Crippen LogP contribution in [0.5, 0.6) is 0 Å². The average molecular weight is 396 g/mol. The lowest BCUT2D eigenvalue weighted by Crippen LogP contribution is -2.37. The summed E-state index contributed by atoms with van der Waals surface area (Å²) in [4.78, 5) is 17.2. The molecule has 0 bridgehead atoms. The van der Waals surface area contributed by atoms with Gasteiger partial charge >= 0.3 is 0 Å². The second-order valence-corrected chi connectivity index (χ2v) is 8.46. The average Bonchev–Trinajstić information content (AvgIpc) is 3.37. The first-order valence-electron chi connectivity index (χ1n) is 11.3. The number of aryl methyl sites for hydroxylation is 1. The molecule has 1 unspecified atom stereocenters. The maximum atomic E-state index is 13.0. The predicted molar refractivity (Wildman–Crippen MR) is 114 cm³/mol. The number of hydrogen-bond donors (Lipinski definition) is 2. The Morgan fingerprint density at radius 1 is 1.24 bits per heavy atom. The molecule has 156 valence electrons. The lowest BCUT2D eigenvalue weighted by molar-refractivity contribution is 0.0931. The summed E-state index contributed by atoms with van der Waals surface area (Å²) in [7, 11) is 0. The van der Waals surface area contributed by atoms with E-state index in [1.165, 1.54) is 29.7 Å². The number of nitrogens with zero attached hydrogens (tertiary/aromatic N) is 3. The Bertz CT molecular complexity index is 810. The van der Waals surface area contributed by atoms with E-state index in [4.69, 9.17) is 5.10 Å². The highest BCUT2D eigenvalue weighted by molar-refractivity contribution is 5.94.